The van der Waals surface area contributed by atoms with E-state index in [0.29, 0.717) is 0 Å². The predicted octanol–water partition coefficient (Wildman–Crippen LogP) is 0.906. The molecule has 0 atom stereocenters. The molecule has 7 nitrogen and oxygen atoms in total. The van der Waals surface area contributed by atoms with Gasteiger partial charge in [0.15, 0.2) is 0 Å². The fourth-order valence-electron chi connectivity index (χ4n) is 1.45. The number of ether oxygens (including phenoxy) is 2. The van der Waals surface area contributed by atoms with Crippen LogP contribution < -0.4 is 0 Å². The van der Waals surface area contributed by atoms with E-state index in [1.54, 1.807) is 13.8 Å². The number of hydrogen-bond acceptors (Lipinski definition) is 6. The second kappa shape index (κ2) is 9.30. The van der Waals surface area contributed by atoms with Crippen molar-refractivity contribution in [1.29, 1.82) is 0 Å². The van der Waals surface area contributed by atoms with E-state index in [1.165, 1.54) is 6.07 Å². The van der Waals surface area contributed by atoms with Crippen molar-refractivity contribution in [2.45, 2.75) is 18.7 Å². The van der Waals surface area contributed by atoms with Crippen LogP contribution in [0, 0.1) is 0 Å². The van der Waals surface area contributed by atoms with Gasteiger partial charge in [-0.15, -0.1) is 0 Å². The van der Waals surface area contributed by atoms with E-state index in [4.69, 9.17) is 9.29 Å². The maximum atomic E-state index is 11.6. The summed E-state index contributed by atoms with van der Waals surface area (Å²) in [7, 11) is -4.68. The first-order valence-electron chi connectivity index (χ1n) is 5.77. The molecule has 0 aromatic heterocycles. The third kappa shape index (κ3) is 6.02. The van der Waals surface area contributed by atoms with Crippen LogP contribution in [0.5, 0.6) is 0 Å². The van der Waals surface area contributed by atoms with Gasteiger partial charge in [-0.05, 0) is 32.0 Å². The van der Waals surface area contributed by atoms with Crippen LogP contribution in [0.2, 0.25) is 0 Å². The molecule has 0 fully saturated rings. The first-order chi connectivity index (χ1) is 9.31. The zero-order valence-electron chi connectivity index (χ0n) is 12.0. The van der Waals surface area contributed by atoms with Crippen LogP contribution in [0.25, 0.3) is 0 Å². The summed E-state index contributed by atoms with van der Waals surface area (Å²) in [6, 6.07) is 3.19. The second-order valence-corrected chi connectivity index (χ2v) is 5.02. The van der Waals surface area contributed by atoms with Gasteiger partial charge in [0.05, 0.1) is 24.3 Å². The molecule has 0 bridgehead atoms. The van der Waals surface area contributed by atoms with Gasteiger partial charge in [-0.2, -0.15) is 8.42 Å². The van der Waals surface area contributed by atoms with Gasteiger partial charge in [0.25, 0.3) is 10.1 Å². The van der Waals surface area contributed by atoms with Crippen molar-refractivity contribution in [1.82, 2.24) is 0 Å². The smallest absolute Gasteiger partial charge is 0.339 e. The molecule has 0 aliphatic heterocycles. The van der Waals surface area contributed by atoms with Gasteiger partial charge >= 0.3 is 11.9 Å². The monoisotopic (exact) mass is 435 g/mol. The molecule has 0 spiro atoms. The Morgan fingerprint density at radius 1 is 1.10 bits per heavy atom. The Morgan fingerprint density at radius 3 is 2.10 bits per heavy atom. The first kappa shape index (κ1) is 21.1. The SMILES string of the molecule is CCOC(=O)c1ccc(C(=O)OCC)c(S(=O)(=O)O)c1.[Cs]. The Labute approximate surface area is 181 Å². The molecule has 111 valence electrons. The van der Waals surface area contributed by atoms with Crippen molar-refractivity contribution in [2.75, 3.05) is 13.2 Å². The van der Waals surface area contributed by atoms with Gasteiger partial charge in [0.2, 0.25) is 0 Å². The molecule has 9 heteroatoms. The van der Waals surface area contributed by atoms with Crippen LogP contribution in [0.3, 0.4) is 0 Å². The third-order valence-corrected chi connectivity index (χ3v) is 3.16. The Hall–Kier alpha value is 0.122. The number of esters is 2. The Balaban J connectivity index is 0.00000400. The van der Waals surface area contributed by atoms with Crippen molar-refractivity contribution in [2.24, 2.45) is 0 Å². The van der Waals surface area contributed by atoms with Gasteiger partial charge in [-0.3, -0.25) is 4.55 Å². The maximum absolute atomic E-state index is 11.6. The molecule has 0 saturated heterocycles. The topological polar surface area (TPSA) is 107 Å². The summed E-state index contributed by atoms with van der Waals surface area (Å²) in [5.41, 5.74) is -0.435. The summed E-state index contributed by atoms with van der Waals surface area (Å²) in [5.74, 6) is -1.66. The standard InChI is InChI=1S/C12H14O7S.Cs/c1-3-18-11(13)8-5-6-9(12(14)19-4-2)10(7-8)20(15,16)17;/h5-7H,3-4H2,1-2H3,(H,15,16,17);. The van der Waals surface area contributed by atoms with Crippen LogP contribution in [0.4, 0.5) is 0 Å². The van der Waals surface area contributed by atoms with Crippen molar-refractivity contribution < 1.29 is 32.0 Å². The van der Waals surface area contributed by atoms with Gasteiger partial charge < -0.3 is 9.47 Å². The zero-order valence-corrected chi connectivity index (χ0v) is 19.0. The van der Waals surface area contributed by atoms with Gasteiger partial charge in [-0.1, -0.05) is 0 Å². The van der Waals surface area contributed by atoms with E-state index in [0.717, 1.165) is 12.1 Å². The molecule has 21 heavy (non-hydrogen) atoms. The molecule has 1 aromatic rings. The Bertz CT molecular complexity index is 624. The summed E-state index contributed by atoms with van der Waals surface area (Å²) in [5, 5.41) is 0. The normalized spacial score (nSPS) is 10.4. The fourth-order valence-corrected chi connectivity index (χ4v) is 2.16. The summed E-state index contributed by atoms with van der Waals surface area (Å²) in [4.78, 5) is 22.4. The molecule has 0 aliphatic carbocycles. The fraction of sp³-hybridized carbons (Fsp3) is 0.333. The van der Waals surface area contributed by atoms with Crippen LogP contribution >= 0.6 is 0 Å². The van der Waals surface area contributed by atoms with E-state index in [-0.39, 0.29) is 93.2 Å². The molecule has 1 N–H and O–H groups in total. The number of benzene rings is 1. The van der Waals surface area contributed by atoms with Crippen molar-refractivity contribution in [3.63, 3.8) is 0 Å². The Kier molecular flexibility index (Phi) is 9.36. The molecule has 0 unspecified atom stereocenters. The summed E-state index contributed by atoms with van der Waals surface area (Å²) < 4.78 is 41.1. The van der Waals surface area contributed by atoms with E-state index < -0.39 is 27.0 Å². The van der Waals surface area contributed by atoms with Crippen LogP contribution in [-0.2, 0) is 19.6 Å². The third-order valence-electron chi connectivity index (χ3n) is 2.27. The van der Waals surface area contributed by atoms with Gasteiger partial charge in [-0.25, -0.2) is 9.59 Å². The summed E-state index contributed by atoms with van der Waals surface area (Å²) in [6.45, 7) is 3.30. The van der Waals surface area contributed by atoms with Crippen LogP contribution in [-0.4, -0.2) is 107 Å². The quantitative estimate of drug-likeness (QED) is 0.541. The second-order valence-electron chi connectivity index (χ2n) is 3.63. The number of carbonyl (C=O) groups is 2. The van der Waals surface area contributed by atoms with Gasteiger partial charge in [0, 0.05) is 68.9 Å². The molecule has 0 saturated carbocycles. The predicted molar refractivity (Wildman–Crippen MR) is 73.9 cm³/mol. The van der Waals surface area contributed by atoms with Crippen molar-refractivity contribution in [3.8, 4) is 0 Å². The summed E-state index contributed by atoms with van der Waals surface area (Å²) >= 11 is 0. The van der Waals surface area contributed by atoms with Crippen molar-refractivity contribution in [3.05, 3.63) is 29.3 Å². The molecular weight excluding hydrogens is 421 g/mol. The molecule has 1 aromatic carbocycles. The zero-order chi connectivity index (χ0) is 15.3. The Morgan fingerprint density at radius 2 is 1.62 bits per heavy atom. The largest absolute Gasteiger partial charge is 0.462 e. The van der Waals surface area contributed by atoms with Crippen LogP contribution in [0.1, 0.15) is 34.6 Å². The molecule has 1 rings (SSSR count). The van der Waals surface area contributed by atoms with Crippen molar-refractivity contribution >= 4 is 91.0 Å². The van der Waals surface area contributed by atoms with E-state index >= 15 is 0 Å². The molecule has 0 heterocycles. The minimum Gasteiger partial charge on any atom is -0.462 e. The molecular formula is C12H14CsO7S. The molecule has 0 amide bonds. The first-order valence-corrected chi connectivity index (χ1v) is 7.21. The van der Waals surface area contributed by atoms with Crippen LogP contribution in [0.15, 0.2) is 23.1 Å². The van der Waals surface area contributed by atoms with E-state index in [1.807, 2.05) is 0 Å². The molecule has 0 aliphatic rings. The number of hydrogen-bond donors (Lipinski definition) is 1. The number of rotatable bonds is 5. The summed E-state index contributed by atoms with van der Waals surface area (Å²) in [6.07, 6.45) is 0. The average Bonchev–Trinajstić information content (AvgIpc) is 2.37. The molecule has 1 radical (unpaired) electrons. The maximum Gasteiger partial charge on any atom is 0.339 e. The van der Waals surface area contributed by atoms with E-state index in [9.17, 15) is 18.0 Å². The van der Waals surface area contributed by atoms with Gasteiger partial charge in [0.1, 0.15) is 4.90 Å². The number of carbonyl (C=O) groups excluding carboxylic acids is 2. The minimum absolute atomic E-state index is 0. The minimum atomic E-state index is -4.68. The average molecular weight is 435 g/mol. The van der Waals surface area contributed by atoms with E-state index in [2.05, 4.69) is 4.74 Å².